The number of aromatic nitrogens is 5. The lowest BCUT2D eigenvalue weighted by atomic mass is 10.1. The molecule has 0 atom stereocenters. The standard InChI is InChI=1S/C16H20N8O/c1-9-12(10(2)24-16(19-9)21-15(17)22-24)7-14(25)20-11-5-6-13(18-8-11)23(3)4/h5-6,8H,7H2,1-4H3,(H2,17,22)(H,20,25). The molecule has 0 saturated heterocycles. The summed E-state index contributed by atoms with van der Waals surface area (Å²) >= 11 is 0. The monoisotopic (exact) mass is 340 g/mol. The molecule has 9 nitrogen and oxygen atoms in total. The highest BCUT2D eigenvalue weighted by molar-refractivity contribution is 5.92. The van der Waals surface area contributed by atoms with Crippen molar-refractivity contribution in [2.75, 3.05) is 30.0 Å². The maximum absolute atomic E-state index is 12.4. The Labute approximate surface area is 144 Å². The molecule has 9 heteroatoms. The second-order valence-corrected chi connectivity index (χ2v) is 5.97. The Morgan fingerprint density at radius 3 is 2.68 bits per heavy atom. The molecule has 0 aliphatic rings. The van der Waals surface area contributed by atoms with Crippen LogP contribution >= 0.6 is 0 Å². The molecule has 3 N–H and O–H groups in total. The summed E-state index contributed by atoms with van der Waals surface area (Å²) in [5.41, 5.74) is 8.59. The third-order valence-corrected chi connectivity index (χ3v) is 3.89. The molecule has 25 heavy (non-hydrogen) atoms. The van der Waals surface area contributed by atoms with Crippen LogP contribution in [0.4, 0.5) is 17.5 Å². The Hall–Kier alpha value is -3.23. The van der Waals surface area contributed by atoms with Gasteiger partial charge in [0, 0.05) is 31.0 Å². The zero-order chi connectivity index (χ0) is 18.1. The zero-order valence-corrected chi connectivity index (χ0v) is 14.6. The highest BCUT2D eigenvalue weighted by atomic mass is 16.1. The van der Waals surface area contributed by atoms with Crippen LogP contribution < -0.4 is 16.0 Å². The van der Waals surface area contributed by atoms with Gasteiger partial charge in [0.05, 0.1) is 18.3 Å². The van der Waals surface area contributed by atoms with E-state index >= 15 is 0 Å². The summed E-state index contributed by atoms with van der Waals surface area (Å²) in [5, 5.41) is 6.95. The average molecular weight is 340 g/mol. The lowest BCUT2D eigenvalue weighted by Crippen LogP contribution is -2.18. The number of amides is 1. The maximum atomic E-state index is 12.4. The van der Waals surface area contributed by atoms with E-state index in [1.165, 1.54) is 0 Å². The molecule has 0 spiro atoms. The second-order valence-electron chi connectivity index (χ2n) is 5.97. The van der Waals surface area contributed by atoms with Gasteiger partial charge < -0.3 is 16.0 Å². The van der Waals surface area contributed by atoms with Crippen molar-refractivity contribution in [2.45, 2.75) is 20.3 Å². The van der Waals surface area contributed by atoms with E-state index in [1.54, 1.807) is 10.7 Å². The molecule has 1 amide bonds. The average Bonchev–Trinajstić information content (AvgIpc) is 2.92. The highest BCUT2D eigenvalue weighted by Crippen LogP contribution is 2.16. The third kappa shape index (κ3) is 3.35. The maximum Gasteiger partial charge on any atom is 0.254 e. The van der Waals surface area contributed by atoms with Crippen molar-refractivity contribution in [3.8, 4) is 0 Å². The van der Waals surface area contributed by atoms with Gasteiger partial charge in [-0.3, -0.25) is 4.79 Å². The molecule has 3 aromatic rings. The van der Waals surface area contributed by atoms with E-state index in [0.29, 0.717) is 11.5 Å². The summed E-state index contributed by atoms with van der Waals surface area (Å²) in [6.45, 7) is 3.71. The Balaban J connectivity index is 1.79. The number of pyridine rings is 1. The lowest BCUT2D eigenvalue weighted by molar-refractivity contribution is -0.115. The third-order valence-electron chi connectivity index (χ3n) is 3.89. The first kappa shape index (κ1) is 16.6. The summed E-state index contributed by atoms with van der Waals surface area (Å²) in [6.07, 6.45) is 1.81. The van der Waals surface area contributed by atoms with Crippen LogP contribution in [0.15, 0.2) is 18.3 Å². The minimum Gasteiger partial charge on any atom is -0.366 e. The van der Waals surface area contributed by atoms with E-state index in [2.05, 4.69) is 25.4 Å². The summed E-state index contributed by atoms with van der Waals surface area (Å²) in [4.78, 5) is 27.0. The quantitative estimate of drug-likeness (QED) is 0.727. The van der Waals surface area contributed by atoms with Crippen molar-refractivity contribution in [3.63, 3.8) is 0 Å². The van der Waals surface area contributed by atoms with Crippen LogP contribution in [0, 0.1) is 13.8 Å². The second kappa shape index (κ2) is 6.34. The molecule has 3 rings (SSSR count). The van der Waals surface area contributed by atoms with Crippen molar-refractivity contribution in [1.82, 2.24) is 24.6 Å². The molecular weight excluding hydrogens is 320 g/mol. The van der Waals surface area contributed by atoms with E-state index in [0.717, 1.165) is 22.8 Å². The van der Waals surface area contributed by atoms with Crippen molar-refractivity contribution < 1.29 is 4.79 Å². The molecule has 0 bridgehead atoms. The first-order valence-electron chi connectivity index (χ1n) is 7.76. The molecule has 3 aromatic heterocycles. The Morgan fingerprint density at radius 1 is 1.28 bits per heavy atom. The van der Waals surface area contributed by atoms with E-state index in [9.17, 15) is 4.79 Å². The van der Waals surface area contributed by atoms with Gasteiger partial charge in [0.2, 0.25) is 11.9 Å². The number of hydrogen-bond donors (Lipinski definition) is 2. The van der Waals surface area contributed by atoms with Crippen LogP contribution in [0.25, 0.3) is 5.78 Å². The number of rotatable bonds is 4. The number of nitrogens with two attached hydrogens (primary N) is 1. The fraction of sp³-hybridized carbons (Fsp3) is 0.312. The number of hydrogen-bond acceptors (Lipinski definition) is 7. The van der Waals surface area contributed by atoms with Gasteiger partial charge in [-0.05, 0) is 26.0 Å². The van der Waals surface area contributed by atoms with E-state index in [-0.39, 0.29) is 18.3 Å². The molecule has 3 heterocycles. The number of nitrogen functional groups attached to an aromatic ring is 1. The van der Waals surface area contributed by atoms with Gasteiger partial charge >= 0.3 is 0 Å². The zero-order valence-electron chi connectivity index (χ0n) is 14.6. The summed E-state index contributed by atoms with van der Waals surface area (Å²) in [5.74, 6) is 1.26. The van der Waals surface area contributed by atoms with Crippen molar-refractivity contribution in [2.24, 2.45) is 0 Å². The topological polar surface area (TPSA) is 114 Å². The number of nitrogens with zero attached hydrogens (tertiary/aromatic N) is 6. The number of nitrogens with one attached hydrogen (secondary N) is 1. The SMILES string of the molecule is Cc1nc2nc(N)nn2c(C)c1CC(=O)Nc1ccc(N(C)C)nc1. The predicted molar refractivity (Wildman–Crippen MR) is 95.6 cm³/mol. The minimum absolute atomic E-state index is 0.153. The molecule has 0 aliphatic carbocycles. The number of aryl methyl sites for hydroxylation is 2. The summed E-state index contributed by atoms with van der Waals surface area (Å²) in [7, 11) is 3.82. The minimum atomic E-state index is -0.153. The fourth-order valence-electron chi connectivity index (χ4n) is 2.57. The Kier molecular flexibility index (Phi) is 4.22. The van der Waals surface area contributed by atoms with E-state index in [4.69, 9.17) is 5.73 Å². The molecule has 0 fully saturated rings. The van der Waals surface area contributed by atoms with Gasteiger partial charge in [-0.25, -0.2) is 9.97 Å². The van der Waals surface area contributed by atoms with Crippen LogP contribution in [-0.2, 0) is 11.2 Å². The number of carbonyl (C=O) groups is 1. The Bertz CT molecular complexity index is 929. The molecule has 130 valence electrons. The van der Waals surface area contributed by atoms with E-state index < -0.39 is 0 Å². The highest BCUT2D eigenvalue weighted by Gasteiger charge is 2.15. The van der Waals surface area contributed by atoms with Crippen LogP contribution in [0.5, 0.6) is 0 Å². The number of fused-ring (bicyclic) bond motifs is 1. The number of anilines is 3. The lowest BCUT2D eigenvalue weighted by Gasteiger charge is -2.12. The number of carbonyl (C=O) groups excluding carboxylic acids is 1. The van der Waals surface area contributed by atoms with Gasteiger partial charge in [0.25, 0.3) is 5.78 Å². The van der Waals surface area contributed by atoms with Crippen LogP contribution in [0.1, 0.15) is 17.0 Å². The van der Waals surface area contributed by atoms with E-state index in [1.807, 2.05) is 45.0 Å². The van der Waals surface area contributed by atoms with Crippen LogP contribution in [0.3, 0.4) is 0 Å². The molecule has 0 aromatic carbocycles. The van der Waals surface area contributed by atoms with Gasteiger partial charge in [-0.15, -0.1) is 5.10 Å². The van der Waals surface area contributed by atoms with Gasteiger partial charge in [0.1, 0.15) is 5.82 Å². The predicted octanol–water partition coefficient (Wildman–Crippen LogP) is 0.966. The van der Waals surface area contributed by atoms with Gasteiger partial charge in [-0.2, -0.15) is 9.50 Å². The summed E-state index contributed by atoms with van der Waals surface area (Å²) < 4.78 is 1.55. The van der Waals surface area contributed by atoms with Gasteiger partial charge in [0.15, 0.2) is 0 Å². The molecule has 0 saturated carbocycles. The molecule has 0 radical (unpaired) electrons. The first-order chi connectivity index (χ1) is 11.8. The largest absolute Gasteiger partial charge is 0.366 e. The first-order valence-corrected chi connectivity index (χ1v) is 7.76. The van der Waals surface area contributed by atoms with Crippen LogP contribution in [0.2, 0.25) is 0 Å². The smallest absolute Gasteiger partial charge is 0.254 e. The fourth-order valence-corrected chi connectivity index (χ4v) is 2.57. The molecule has 0 unspecified atom stereocenters. The van der Waals surface area contributed by atoms with Gasteiger partial charge in [-0.1, -0.05) is 0 Å². The summed E-state index contributed by atoms with van der Waals surface area (Å²) in [6, 6.07) is 3.66. The normalized spacial score (nSPS) is 10.9. The van der Waals surface area contributed by atoms with Crippen molar-refractivity contribution >= 4 is 29.1 Å². The molecule has 0 aliphatic heterocycles. The molecular formula is C16H20N8O. The van der Waals surface area contributed by atoms with Crippen LogP contribution in [-0.4, -0.2) is 44.6 Å². The van der Waals surface area contributed by atoms with Crippen molar-refractivity contribution in [1.29, 1.82) is 0 Å². The van der Waals surface area contributed by atoms with Crippen molar-refractivity contribution in [3.05, 3.63) is 35.3 Å². The Morgan fingerprint density at radius 2 is 2.04 bits per heavy atom.